The molecule has 32 nitrogen and oxygen atoms in total. The zero-order valence-electron chi connectivity index (χ0n) is 38.8. The number of hydrogen-bond donors (Lipinski definition) is 15. The summed E-state index contributed by atoms with van der Waals surface area (Å²) in [5.41, 5.74) is -15.4. The summed E-state index contributed by atoms with van der Waals surface area (Å²) < 4.78 is 57.0. The first-order valence-corrected chi connectivity index (χ1v) is 22.8. The monoisotopic (exact) mass is 1110 g/mol. The molecule has 79 heavy (non-hydrogen) atoms. The summed E-state index contributed by atoms with van der Waals surface area (Å²) in [5.74, 6) is -43.9. The van der Waals surface area contributed by atoms with Crippen molar-refractivity contribution in [1.82, 2.24) is 0 Å². The van der Waals surface area contributed by atoms with Crippen LogP contribution >= 0.6 is 0 Å². The van der Waals surface area contributed by atoms with Gasteiger partial charge in [-0.05, 0) is 30.3 Å². The molecule has 13 rings (SSSR count). The van der Waals surface area contributed by atoms with E-state index in [4.69, 9.17) is 47.4 Å². The summed E-state index contributed by atoms with van der Waals surface area (Å²) in [5, 5.41) is 167. The lowest BCUT2D eigenvalue weighted by Crippen LogP contribution is -2.88. The van der Waals surface area contributed by atoms with Crippen LogP contribution in [-0.4, -0.2) is 197 Å². The summed E-state index contributed by atoms with van der Waals surface area (Å²) in [7, 11) is 0. The van der Waals surface area contributed by atoms with Crippen molar-refractivity contribution in [3.63, 3.8) is 0 Å². The Morgan fingerprint density at radius 2 is 1.14 bits per heavy atom. The molecule has 0 unspecified atom stereocenters. The number of Topliss-reactive ketones (excluding diaryl/α,β-unsaturated/α-hetero) is 1. The molecule has 32 heteroatoms. The van der Waals surface area contributed by atoms with Gasteiger partial charge in [-0.2, -0.15) is 0 Å². The van der Waals surface area contributed by atoms with Gasteiger partial charge in [-0.15, -0.1) is 0 Å². The van der Waals surface area contributed by atoms with E-state index >= 15 is 14.4 Å². The van der Waals surface area contributed by atoms with Gasteiger partial charge in [-0.25, -0.2) is 24.0 Å². The molecule has 13 atom stereocenters. The van der Waals surface area contributed by atoms with Gasteiger partial charge in [-0.3, -0.25) is 9.59 Å². The molecule has 8 aliphatic heterocycles. The summed E-state index contributed by atoms with van der Waals surface area (Å²) >= 11 is 0. The minimum Gasteiger partial charge on any atom is -0.504 e. The highest BCUT2D eigenvalue weighted by atomic mass is 16.8. The molecule has 0 amide bonds. The predicted octanol–water partition coefficient (Wildman–Crippen LogP) is -2.87. The summed E-state index contributed by atoms with van der Waals surface area (Å²) in [4.78, 5) is 104. The molecule has 1 aliphatic carbocycles. The second-order valence-corrected chi connectivity index (χ2v) is 19.2. The Hall–Kier alpha value is -9.31. The number of ketones is 1. The number of phenols is 11. The number of aromatic hydroxyl groups is 11. The molecular weight excluding hydrogens is 1080 g/mol. The van der Waals surface area contributed by atoms with E-state index in [1.165, 1.54) is 0 Å². The SMILES string of the molecule is O=C(O[C@@H]1O[C@@H]2COC(=O)c3cc(O)c(O)c(O)c3-c3c(cc(O)c(O)c3O)C(=O)O[C@@H]3[C@H]1OC(=O)c1cc(O)c(O)c4c1[C@@H]1[C@]5(CC(=O)[C@](O)(O[C@]56C(=O)O[C@@H]5[C@@H](O)CO[C@@]56O)[C@]1(O)O4)C(=O)O[C@@H]32)c1cc(O)c(O)c(O)c1. The van der Waals surface area contributed by atoms with E-state index in [1.807, 2.05) is 0 Å². The van der Waals surface area contributed by atoms with Gasteiger partial charge in [0, 0.05) is 23.1 Å². The average Bonchev–Trinajstić information content (AvgIpc) is 1.70. The zero-order valence-corrected chi connectivity index (χ0v) is 38.8. The third kappa shape index (κ3) is 6.05. The van der Waals surface area contributed by atoms with E-state index < -0.39 is 246 Å². The summed E-state index contributed by atoms with van der Waals surface area (Å²) in [6.07, 6.45) is -19.5. The number of hydrogen-bond acceptors (Lipinski definition) is 32. The number of fused-ring (bicyclic) bond motifs is 5. The maximum atomic E-state index is 16.2. The van der Waals surface area contributed by atoms with Crippen LogP contribution in [0.1, 0.15) is 59.3 Å². The summed E-state index contributed by atoms with van der Waals surface area (Å²) in [6.45, 7) is -2.44. The number of aliphatic hydroxyl groups is 4. The van der Waals surface area contributed by atoms with Crippen molar-refractivity contribution in [3.05, 3.63) is 58.1 Å². The largest absolute Gasteiger partial charge is 0.504 e. The Balaban J connectivity index is 1.13. The molecule has 15 N–H and O–H groups in total. The number of cyclic esters (lactones) is 1. The standard InChI is InChI=1S/C47H34O32/c48-13-1-9(2-14(49)24(13)55)36(61)77-40-33-32-30(19(72-40)8-70-37(62)10-3-15(50)25(56)28(59)21(10)22-11(38(63)73-32)4-16(51)26(57)29(22)60)75-41(65)43-6-20(54)45(67,79-44(43)42(66)76-35-18(53)7-71-47(35,44)69)46(68)34(43)23-12(39(64)74-33)5-17(52)27(58)31(23)78-46/h1-5,18-19,30,32-35,40,48-53,55-60,67-69H,6-8H2/t18-,19+,30+,32-,33+,34+,35+,40-,43+,44+,45-,46+,47-/m0/s1. The van der Waals surface area contributed by atoms with Crippen molar-refractivity contribution in [2.45, 2.75) is 78.2 Å². The van der Waals surface area contributed by atoms with Crippen LogP contribution in [0.4, 0.5) is 0 Å². The van der Waals surface area contributed by atoms with Crippen molar-refractivity contribution in [1.29, 1.82) is 0 Å². The molecule has 5 saturated heterocycles. The van der Waals surface area contributed by atoms with Crippen LogP contribution in [0.25, 0.3) is 11.1 Å². The van der Waals surface area contributed by atoms with Gasteiger partial charge in [0.1, 0.15) is 24.2 Å². The van der Waals surface area contributed by atoms with Crippen LogP contribution in [0, 0.1) is 5.41 Å². The molecule has 0 aromatic heterocycles. The molecule has 4 aromatic carbocycles. The Labute approximate surface area is 433 Å². The number of ether oxygens (including phenoxy) is 10. The third-order valence-electron chi connectivity index (χ3n) is 15.2. The highest BCUT2D eigenvalue weighted by Crippen LogP contribution is 2.76. The quantitative estimate of drug-likeness (QED) is 0.0545. The van der Waals surface area contributed by atoms with E-state index in [0.717, 1.165) is 0 Å². The fourth-order valence-corrected chi connectivity index (χ4v) is 11.7. The molecule has 0 radical (unpaired) electrons. The molecule has 6 fully saturated rings. The maximum Gasteiger partial charge on any atom is 0.346 e. The Kier molecular flexibility index (Phi) is 10.2. The highest BCUT2D eigenvalue weighted by Gasteiger charge is 2.97. The maximum absolute atomic E-state index is 16.2. The van der Waals surface area contributed by atoms with Crippen LogP contribution in [0.3, 0.4) is 0 Å². The van der Waals surface area contributed by atoms with Crippen molar-refractivity contribution >= 4 is 41.6 Å². The lowest BCUT2D eigenvalue weighted by atomic mass is 9.47. The molecule has 4 aromatic rings. The van der Waals surface area contributed by atoms with Gasteiger partial charge in [0.05, 0.1) is 34.8 Å². The van der Waals surface area contributed by atoms with Gasteiger partial charge < -0.3 is 124 Å². The average molecular weight is 1110 g/mol. The fraction of sp³-hybridized carbons (Fsp3) is 0.340. The third-order valence-corrected chi connectivity index (χ3v) is 15.2. The molecule has 8 heterocycles. The zero-order chi connectivity index (χ0) is 56.9. The van der Waals surface area contributed by atoms with Crippen LogP contribution in [0.2, 0.25) is 0 Å². The van der Waals surface area contributed by atoms with Crippen LogP contribution in [-0.2, 0) is 57.0 Å². The van der Waals surface area contributed by atoms with Crippen molar-refractivity contribution in [2.75, 3.05) is 13.2 Å². The lowest BCUT2D eigenvalue weighted by molar-refractivity contribution is -0.459. The van der Waals surface area contributed by atoms with Crippen LogP contribution in [0.5, 0.6) is 69.0 Å². The fourth-order valence-electron chi connectivity index (χ4n) is 11.7. The van der Waals surface area contributed by atoms with Gasteiger partial charge >= 0.3 is 35.8 Å². The minimum atomic E-state index is -4.05. The number of benzene rings is 4. The Morgan fingerprint density at radius 1 is 0.582 bits per heavy atom. The van der Waals surface area contributed by atoms with E-state index in [1.54, 1.807) is 0 Å². The van der Waals surface area contributed by atoms with Crippen LogP contribution < -0.4 is 4.74 Å². The van der Waals surface area contributed by atoms with Crippen molar-refractivity contribution in [3.8, 4) is 80.1 Å². The van der Waals surface area contributed by atoms with E-state index in [9.17, 15) is 95.8 Å². The Bertz CT molecular complexity index is 3530. The number of rotatable bonds is 2. The number of esters is 6. The van der Waals surface area contributed by atoms with Gasteiger partial charge in [-0.1, -0.05) is 0 Å². The van der Waals surface area contributed by atoms with E-state index in [2.05, 4.69) is 0 Å². The molecule has 1 saturated carbocycles. The van der Waals surface area contributed by atoms with E-state index in [0.29, 0.717) is 30.3 Å². The highest BCUT2D eigenvalue weighted by molar-refractivity contribution is 6.09. The number of carbonyl (C=O) groups is 7. The second-order valence-electron chi connectivity index (χ2n) is 19.2. The molecule has 9 aliphatic rings. The number of aliphatic hydroxyl groups excluding tert-OH is 1. The van der Waals surface area contributed by atoms with Crippen LogP contribution in [0.15, 0.2) is 30.3 Å². The first-order valence-electron chi connectivity index (χ1n) is 22.8. The molecule has 2 spiro atoms. The molecule has 414 valence electrons. The molecular formula is C47H34O32. The summed E-state index contributed by atoms with van der Waals surface area (Å²) in [6, 6.07) is 2.11. The van der Waals surface area contributed by atoms with Gasteiger partial charge in [0.2, 0.25) is 41.0 Å². The normalized spacial score (nSPS) is 34.6. The number of phenolic OH excluding ortho intramolecular Hbond substituents is 11. The first-order chi connectivity index (χ1) is 37.1. The predicted molar refractivity (Wildman–Crippen MR) is 232 cm³/mol. The topological polar surface area (TPSA) is 515 Å². The van der Waals surface area contributed by atoms with E-state index in [-0.39, 0.29) is 0 Å². The second kappa shape index (κ2) is 15.9. The Morgan fingerprint density at radius 3 is 1.77 bits per heavy atom. The smallest absolute Gasteiger partial charge is 0.346 e. The van der Waals surface area contributed by atoms with Crippen molar-refractivity contribution in [2.24, 2.45) is 5.41 Å². The number of carbonyl (C=O) groups excluding carboxylic acids is 7. The minimum absolute atomic E-state index is 0.311. The van der Waals surface area contributed by atoms with Crippen molar-refractivity contribution < 1.29 is 158 Å². The lowest BCUT2D eigenvalue weighted by Gasteiger charge is -2.64. The van der Waals surface area contributed by atoms with Gasteiger partial charge in [0.15, 0.2) is 75.8 Å². The first kappa shape index (κ1) is 50.5. The van der Waals surface area contributed by atoms with Gasteiger partial charge in [0.25, 0.3) is 11.6 Å². The molecule has 6 bridgehead atoms.